The molecule has 0 saturated carbocycles. The van der Waals surface area contributed by atoms with E-state index in [1.54, 1.807) is 5.41 Å². The van der Waals surface area contributed by atoms with Crippen molar-refractivity contribution in [2.24, 2.45) is 0 Å². The lowest BCUT2D eigenvalue weighted by atomic mass is 10.1. The van der Waals surface area contributed by atoms with Crippen LogP contribution in [0.1, 0.15) is 10.4 Å². The summed E-state index contributed by atoms with van der Waals surface area (Å²) in [7, 11) is 0. The number of rotatable bonds is 4. The molecule has 0 saturated heterocycles. The number of aromatic nitrogens is 3. The van der Waals surface area contributed by atoms with E-state index in [1.807, 2.05) is 0 Å². The van der Waals surface area contributed by atoms with Crippen LogP contribution in [0.2, 0.25) is 0 Å². The first-order valence-electron chi connectivity index (χ1n) is 4.74. The number of halogens is 1. The Morgan fingerprint density at radius 2 is 2.12 bits per heavy atom. The lowest BCUT2D eigenvalue weighted by Gasteiger charge is -1.94. The molecular weight excluding hydrogens is 241 g/mol. The Hall–Kier alpha value is -1.95. The highest BCUT2D eigenvalue weighted by atomic mass is 32.2. The van der Waals surface area contributed by atoms with Crippen LogP contribution in [-0.4, -0.2) is 21.0 Å². The second-order valence-electron chi connectivity index (χ2n) is 3.08. The highest BCUT2D eigenvalue weighted by Gasteiger charge is 2.01. The van der Waals surface area contributed by atoms with E-state index in [0.717, 1.165) is 0 Å². The molecule has 0 unspecified atom stereocenters. The summed E-state index contributed by atoms with van der Waals surface area (Å²) in [6.07, 6.45) is 2.79. The number of thioether (sulfide) groups is 1. The van der Waals surface area contributed by atoms with Gasteiger partial charge in [-0.3, -0.25) is 9.89 Å². The Morgan fingerprint density at radius 3 is 2.76 bits per heavy atom. The Labute approximate surface area is 101 Å². The van der Waals surface area contributed by atoms with Crippen molar-refractivity contribution in [3.8, 4) is 0 Å². The molecule has 0 fully saturated rings. The maximum atomic E-state index is 12.6. The molecule has 86 valence electrons. The van der Waals surface area contributed by atoms with E-state index in [4.69, 9.17) is 0 Å². The molecule has 0 spiro atoms. The summed E-state index contributed by atoms with van der Waals surface area (Å²) < 4.78 is 12.6. The summed E-state index contributed by atoms with van der Waals surface area (Å²) in [5.41, 5.74) is 0.445. The summed E-state index contributed by atoms with van der Waals surface area (Å²) in [4.78, 5) is 15.5. The highest BCUT2D eigenvalue weighted by Crippen LogP contribution is 2.13. The lowest BCUT2D eigenvalue weighted by Crippen LogP contribution is -1.93. The van der Waals surface area contributed by atoms with Crippen molar-refractivity contribution in [2.75, 3.05) is 0 Å². The van der Waals surface area contributed by atoms with E-state index >= 15 is 0 Å². The predicted molar refractivity (Wildman–Crippen MR) is 62.1 cm³/mol. The normalized spacial score (nSPS) is 10.9. The van der Waals surface area contributed by atoms with Crippen molar-refractivity contribution in [2.45, 2.75) is 5.16 Å². The molecule has 6 heteroatoms. The van der Waals surface area contributed by atoms with Gasteiger partial charge in [0, 0.05) is 5.56 Å². The van der Waals surface area contributed by atoms with Gasteiger partial charge in [-0.05, 0) is 35.7 Å². The van der Waals surface area contributed by atoms with Gasteiger partial charge in [0.1, 0.15) is 12.1 Å². The largest absolute Gasteiger partial charge is 0.289 e. The molecule has 1 N–H and O–H groups in total. The van der Waals surface area contributed by atoms with Gasteiger partial charge in [-0.2, -0.15) is 5.10 Å². The number of aromatic amines is 1. The summed E-state index contributed by atoms with van der Waals surface area (Å²) in [6.45, 7) is 0. The van der Waals surface area contributed by atoms with Crippen LogP contribution >= 0.6 is 11.8 Å². The average molecular weight is 249 g/mol. The number of ketones is 1. The molecule has 2 aromatic rings. The highest BCUT2D eigenvalue weighted by molar-refractivity contribution is 8.02. The fourth-order valence-electron chi connectivity index (χ4n) is 1.12. The Morgan fingerprint density at radius 1 is 1.35 bits per heavy atom. The van der Waals surface area contributed by atoms with E-state index in [-0.39, 0.29) is 11.6 Å². The van der Waals surface area contributed by atoms with E-state index in [9.17, 15) is 9.18 Å². The van der Waals surface area contributed by atoms with Gasteiger partial charge in [-0.1, -0.05) is 11.8 Å². The number of benzene rings is 1. The first-order valence-corrected chi connectivity index (χ1v) is 5.62. The Kier molecular flexibility index (Phi) is 3.66. The zero-order valence-corrected chi connectivity index (χ0v) is 9.45. The lowest BCUT2D eigenvalue weighted by molar-refractivity contribution is 0.104. The molecule has 1 aromatic carbocycles. The van der Waals surface area contributed by atoms with Crippen molar-refractivity contribution in [1.82, 2.24) is 15.2 Å². The van der Waals surface area contributed by atoms with E-state index in [1.165, 1.54) is 48.4 Å². The molecule has 0 bridgehead atoms. The molecule has 1 heterocycles. The number of hydrogen-bond acceptors (Lipinski definition) is 4. The minimum absolute atomic E-state index is 0.183. The summed E-state index contributed by atoms with van der Waals surface area (Å²) in [5.74, 6) is -0.543. The van der Waals surface area contributed by atoms with Gasteiger partial charge in [-0.15, -0.1) is 0 Å². The molecule has 0 atom stereocenters. The molecule has 0 aliphatic rings. The number of carbonyl (C=O) groups excluding carboxylic acids is 1. The van der Waals surface area contributed by atoms with Gasteiger partial charge in [-0.25, -0.2) is 9.37 Å². The van der Waals surface area contributed by atoms with E-state index in [0.29, 0.717) is 10.7 Å². The van der Waals surface area contributed by atoms with Crippen molar-refractivity contribution in [1.29, 1.82) is 0 Å². The number of allylic oxidation sites excluding steroid dienone is 1. The molecule has 17 heavy (non-hydrogen) atoms. The standard InChI is InChI=1S/C11H8FN3OS/c12-9-3-1-8(2-4-9)10(16)5-6-17-11-13-7-14-15-11/h1-7H,(H,13,14,15)/b6-5+. The van der Waals surface area contributed by atoms with Gasteiger partial charge in [0.2, 0.25) is 0 Å². The molecule has 4 nitrogen and oxygen atoms in total. The zero-order valence-electron chi connectivity index (χ0n) is 8.63. The molecule has 0 aliphatic heterocycles. The SMILES string of the molecule is O=C(/C=C/Sc1ncn[nH]1)c1ccc(F)cc1. The zero-order chi connectivity index (χ0) is 12.1. The fourth-order valence-corrected chi connectivity index (χ4v) is 1.66. The van der Waals surface area contributed by atoms with Crippen LogP contribution in [0.3, 0.4) is 0 Å². The smallest absolute Gasteiger partial charge is 0.187 e. The quantitative estimate of drug-likeness (QED) is 0.513. The monoisotopic (exact) mass is 249 g/mol. The van der Waals surface area contributed by atoms with Gasteiger partial charge >= 0.3 is 0 Å². The molecular formula is C11H8FN3OS. The topological polar surface area (TPSA) is 58.6 Å². The van der Waals surface area contributed by atoms with Gasteiger partial charge < -0.3 is 0 Å². The second kappa shape index (κ2) is 5.40. The van der Waals surface area contributed by atoms with Crippen molar-refractivity contribution < 1.29 is 9.18 Å². The van der Waals surface area contributed by atoms with Crippen LogP contribution in [0, 0.1) is 5.82 Å². The number of hydrogen-bond donors (Lipinski definition) is 1. The minimum Gasteiger partial charge on any atom is -0.289 e. The van der Waals surface area contributed by atoms with Crippen molar-refractivity contribution >= 4 is 17.5 Å². The fraction of sp³-hybridized carbons (Fsp3) is 0. The van der Waals surface area contributed by atoms with E-state index < -0.39 is 0 Å². The first-order chi connectivity index (χ1) is 8.25. The van der Waals surface area contributed by atoms with Crippen LogP contribution in [0.15, 0.2) is 47.2 Å². The summed E-state index contributed by atoms with van der Waals surface area (Å²) >= 11 is 1.25. The van der Waals surface area contributed by atoms with E-state index in [2.05, 4.69) is 15.2 Å². The van der Waals surface area contributed by atoms with Gasteiger partial charge in [0.15, 0.2) is 10.9 Å². The van der Waals surface area contributed by atoms with Crippen LogP contribution in [0.4, 0.5) is 4.39 Å². The average Bonchev–Trinajstić information content (AvgIpc) is 2.83. The number of H-pyrrole nitrogens is 1. The van der Waals surface area contributed by atoms with Gasteiger partial charge in [0.25, 0.3) is 0 Å². The van der Waals surface area contributed by atoms with Crippen molar-refractivity contribution in [3.63, 3.8) is 0 Å². The van der Waals surface area contributed by atoms with Crippen molar-refractivity contribution in [3.05, 3.63) is 53.5 Å². The minimum atomic E-state index is -0.360. The number of carbonyl (C=O) groups is 1. The van der Waals surface area contributed by atoms with Crippen LogP contribution in [0.25, 0.3) is 0 Å². The third-order valence-electron chi connectivity index (χ3n) is 1.92. The maximum absolute atomic E-state index is 12.6. The first kappa shape index (κ1) is 11.5. The number of nitrogens with one attached hydrogen (secondary N) is 1. The van der Waals surface area contributed by atoms with Crippen LogP contribution < -0.4 is 0 Å². The molecule has 2 rings (SSSR count). The Balaban J connectivity index is 1.97. The third-order valence-corrected chi connectivity index (χ3v) is 2.61. The number of nitrogens with zero attached hydrogens (tertiary/aromatic N) is 2. The van der Waals surface area contributed by atoms with Crippen LogP contribution in [-0.2, 0) is 0 Å². The Bertz CT molecular complexity index is 522. The molecule has 1 aromatic heterocycles. The summed E-state index contributed by atoms with van der Waals surface area (Å²) in [5, 5.41) is 8.53. The van der Waals surface area contributed by atoms with Crippen LogP contribution in [0.5, 0.6) is 0 Å². The third kappa shape index (κ3) is 3.25. The molecule has 0 amide bonds. The summed E-state index contributed by atoms with van der Waals surface area (Å²) in [6, 6.07) is 5.40. The maximum Gasteiger partial charge on any atom is 0.187 e. The van der Waals surface area contributed by atoms with Gasteiger partial charge in [0.05, 0.1) is 0 Å². The molecule has 0 radical (unpaired) electrons. The predicted octanol–water partition coefficient (Wildman–Crippen LogP) is 2.43. The molecule has 0 aliphatic carbocycles. The second-order valence-corrected chi connectivity index (χ2v) is 3.98.